The van der Waals surface area contributed by atoms with Crippen LogP contribution in [0.2, 0.25) is 0 Å². The quantitative estimate of drug-likeness (QED) is 0.346. The predicted molar refractivity (Wildman–Crippen MR) is 113 cm³/mol. The first-order valence-electron chi connectivity index (χ1n) is 9.25. The van der Waals surface area contributed by atoms with Crippen molar-refractivity contribution in [2.45, 2.75) is 0 Å². The van der Waals surface area contributed by atoms with E-state index in [1.54, 1.807) is 24.3 Å². The van der Waals surface area contributed by atoms with Crippen LogP contribution in [0.3, 0.4) is 0 Å². The largest absolute Gasteiger partial charge is 0.478 e. The highest BCUT2D eigenvalue weighted by Crippen LogP contribution is 2.30. The average Bonchev–Trinajstić information content (AvgIpc) is 3.23. The molecule has 9 heteroatoms. The van der Waals surface area contributed by atoms with Gasteiger partial charge in [0.25, 0.3) is 5.69 Å². The van der Waals surface area contributed by atoms with E-state index in [0.29, 0.717) is 33.2 Å². The highest BCUT2D eigenvalue weighted by Gasteiger charge is 2.19. The zero-order valence-electron chi connectivity index (χ0n) is 15.8. The number of carbonyl (C=O) groups is 1. The third-order valence-corrected chi connectivity index (χ3v) is 4.91. The Morgan fingerprint density at radius 2 is 1.65 bits per heavy atom. The SMILES string of the molecule is O=C(O)c1cc(-c2ccc([N+](=O)[O-])cc2)nc2ccc3nn(-c4ccccc4)nc3c12. The summed E-state index contributed by atoms with van der Waals surface area (Å²) in [6, 6.07) is 20.0. The Labute approximate surface area is 174 Å². The van der Waals surface area contributed by atoms with Gasteiger partial charge in [-0.15, -0.1) is 10.2 Å². The summed E-state index contributed by atoms with van der Waals surface area (Å²) in [4.78, 5) is 28.5. The van der Waals surface area contributed by atoms with E-state index in [9.17, 15) is 20.0 Å². The summed E-state index contributed by atoms with van der Waals surface area (Å²) >= 11 is 0. The summed E-state index contributed by atoms with van der Waals surface area (Å²) in [6.07, 6.45) is 0. The molecule has 0 amide bonds. The first-order valence-corrected chi connectivity index (χ1v) is 9.25. The Bertz CT molecular complexity index is 1480. The van der Waals surface area contributed by atoms with Gasteiger partial charge in [0, 0.05) is 23.1 Å². The molecule has 2 aromatic heterocycles. The van der Waals surface area contributed by atoms with E-state index in [4.69, 9.17) is 0 Å². The first-order chi connectivity index (χ1) is 15.0. The summed E-state index contributed by atoms with van der Waals surface area (Å²) in [6.45, 7) is 0. The third kappa shape index (κ3) is 3.14. The number of carboxylic acids is 1. The van der Waals surface area contributed by atoms with Crippen molar-refractivity contribution < 1.29 is 14.8 Å². The Kier molecular flexibility index (Phi) is 4.14. The maximum absolute atomic E-state index is 12.1. The molecule has 5 rings (SSSR count). The molecule has 3 aromatic carbocycles. The minimum Gasteiger partial charge on any atom is -0.478 e. The molecule has 0 spiro atoms. The Balaban J connectivity index is 1.73. The number of aromatic nitrogens is 4. The van der Waals surface area contributed by atoms with Crippen molar-refractivity contribution in [1.82, 2.24) is 20.0 Å². The Morgan fingerprint density at radius 1 is 0.935 bits per heavy atom. The number of hydrogen-bond acceptors (Lipinski definition) is 6. The van der Waals surface area contributed by atoms with Crippen LogP contribution in [0, 0.1) is 10.1 Å². The van der Waals surface area contributed by atoms with Gasteiger partial charge in [-0.3, -0.25) is 10.1 Å². The fraction of sp³-hybridized carbons (Fsp3) is 0. The lowest BCUT2D eigenvalue weighted by atomic mass is 10.0. The smallest absolute Gasteiger partial charge is 0.336 e. The molecule has 0 saturated heterocycles. The molecule has 0 aliphatic heterocycles. The molecule has 2 heterocycles. The number of nitro benzene ring substituents is 1. The van der Waals surface area contributed by atoms with Gasteiger partial charge in [0.1, 0.15) is 11.0 Å². The van der Waals surface area contributed by atoms with Crippen molar-refractivity contribution in [3.05, 3.63) is 88.5 Å². The lowest BCUT2D eigenvalue weighted by Crippen LogP contribution is -2.01. The van der Waals surface area contributed by atoms with Crippen molar-refractivity contribution >= 4 is 33.6 Å². The molecule has 1 N–H and O–H groups in total. The van der Waals surface area contributed by atoms with Gasteiger partial charge < -0.3 is 5.11 Å². The van der Waals surface area contributed by atoms with E-state index >= 15 is 0 Å². The fourth-order valence-electron chi connectivity index (χ4n) is 3.45. The van der Waals surface area contributed by atoms with E-state index in [1.165, 1.54) is 23.0 Å². The molecule has 0 bridgehead atoms. The summed E-state index contributed by atoms with van der Waals surface area (Å²) in [5, 5.41) is 30.1. The van der Waals surface area contributed by atoms with Crippen molar-refractivity contribution in [2.24, 2.45) is 0 Å². The fourth-order valence-corrected chi connectivity index (χ4v) is 3.45. The highest BCUT2D eigenvalue weighted by atomic mass is 16.6. The van der Waals surface area contributed by atoms with Crippen LogP contribution in [0.4, 0.5) is 5.69 Å². The monoisotopic (exact) mass is 411 g/mol. The maximum atomic E-state index is 12.1. The standard InChI is InChI=1S/C22H13N5O4/c28-22(29)16-12-19(13-6-8-15(9-7-13)27(30)31)23-17-10-11-18-21(20(16)17)25-26(24-18)14-4-2-1-3-5-14/h1-12H,(H,28,29). The zero-order chi connectivity index (χ0) is 21.5. The van der Waals surface area contributed by atoms with E-state index in [1.807, 2.05) is 30.3 Å². The van der Waals surface area contributed by atoms with Gasteiger partial charge in [-0.25, -0.2) is 9.78 Å². The van der Waals surface area contributed by atoms with Crippen molar-refractivity contribution in [3.8, 4) is 16.9 Å². The maximum Gasteiger partial charge on any atom is 0.336 e. The predicted octanol–water partition coefficient (Wildman–Crippen LogP) is 4.24. The number of fused-ring (bicyclic) bond motifs is 3. The number of carboxylic acid groups (broad SMARTS) is 1. The number of para-hydroxylation sites is 1. The number of nitro groups is 1. The van der Waals surface area contributed by atoms with E-state index in [2.05, 4.69) is 15.2 Å². The Hall–Kier alpha value is -4.66. The second-order valence-electron chi connectivity index (χ2n) is 6.82. The number of benzene rings is 3. The number of aromatic carboxylic acids is 1. The van der Waals surface area contributed by atoms with Gasteiger partial charge in [-0.1, -0.05) is 18.2 Å². The molecule has 0 fully saturated rings. The summed E-state index contributed by atoms with van der Waals surface area (Å²) < 4.78 is 0. The number of nitrogens with zero attached hydrogens (tertiary/aromatic N) is 5. The molecule has 5 aromatic rings. The van der Waals surface area contributed by atoms with Crippen LogP contribution >= 0.6 is 0 Å². The van der Waals surface area contributed by atoms with Crippen LogP contribution in [-0.4, -0.2) is 36.0 Å². The van der Waals surface area contributed by atoms with Crippen LogP contribution in [0.5, 0.6) is 0 Å². The number of pyridine rings is 1. The second-order valence-corrected chi connectivity index (χ2v) is 6.82. The molecule has 0 unspecified atom stereocenters. The van der Waals surface area contributed by atoms with Crippen LogP contribution in [-0.2, 0) is 0 Å². The molecule has 9 nitrogen and oxygen atoms in total. The van der Waals surface area contributed by atoms with Gasteiger partial charge >= 0.3 is 5.97 Å². The first kappa shape index (κ1) is 18.4. The van der Waals surface area contributed by atoms with Crippen molar-refractivity contribution in [3.63, 3.8) is 0 Å². The van der Waals surface area contributed by atoms with Gasteiger partial charge in [-0.2, -0.15) is 4.80 Å². The van der Waals surface area contributed by atoms with Crippen LogP contribution in [0.1, 0.15) is 10.4 Å². The van der Waals surface area contributed by atoms with Gasteiger partial charge in [0.05, 0.1) is 27.4 Å². The van der Waals surface area contributed by atoms with E-state index in [-0.39, 0.29) is 11.3 Å². The van der Waals surface area contributed by atoms with Gasteiger partial charge in [0.2, 0.25) is 0 Å². The molecule has 0 atom stereocenters. The van der Waals surface area contributed by atoms with Crippen LogP contribution < -0.4 is 0 Å². The number of hydrogen-bond donors (Lipinski definition) is 1. The van der Waals surface area contributed by atoms with Crippen molar-refractivity contribution in [1.29, 1.82) is 0 Å². The molecular weight excluding hydrogens is 398 g/mol. The number of rotatable bonds is 4. The third-order valence-electron chi connectivity index (χ3n) is 4.91. The molecule has 0 aliphatic carbocycles. The summed E-state index contributed by atoms with van der Waals surface area (Å²) in [5.41, 5.74) is 3.12. The molecule has 150 valence electrons. The van der Waals surface area contributed by atoms with E-state index in [0.717, 1.165) is 5.69 Å². The normalized spacial score (nSPS) is 11.1. The molecular formula is C22H13N5O4. The minimum atomic E-state index is -1.13. The zero-order valence-corrected chi connectivity index (χ0v) is 15.8. The summed E-state index contributed by atoms with van der Waals surface area (Å²) in [5.74, 6) is -1.13. The van der Waals surface area contributed by atoms with Crippen LogP contribution in [0.15, 0.2) is 72.8 Å². The van der Waals surface area contributed by atoms with Gasteiger partial charge in [-0.05, 0) is 42.5 Å². The topological polar surface area (TPSA) is 124 Å². The molecule has 0 saturated carbocycles. The summed E-state index contributed by atoms with van der Waals surface area (Å²) in [7, 11) is 0. The Morgan fingerprint density at radius 3 is 2.32 bits per heavy atom. The van der Waals surface area contributed by atoms with Crippen molar-refractivity contribution in [2.75, 3.05) is 0 Å². The lowest BCUT2D eigenvalue weighted by Gasteiger charge is -2.07. The second kappa shape index (κ2) is 6.99. The number of non-ortho nitro benzene ring substituents is 1. The highest BCUT2D eigenvalue weighted by molar-refractivity contribution is 6.13. The average molecular weight is 411 g/mol. The molecule has 0 radical (unpaired) electrons. The van der Waals surface area contributed by atoms with Gasteiger partial charge in [0.15, 0.2) is 0 Å². The molecule has 31 heavy (non-hydrogen) atoms. The van der Waals surface area contributed by atoms with Crippen LogP contribution in [0.25, 0.3) is 38.9 Å². The molecule has 0 aliphatic rings. The van der Waals surface area contributed by atoms with E-state index < -0.39 is 10.9 Å². The lowest BCUT2D eigenvalue weighted by molar-refractivity contribution is -0.384. The minimum absolute atomic E-state index is 0.0315.